The second-order valence-electron chi connectivity index (χ2n) is 4.82. The van der Waals surface area contributed by atoms with Gasteiger partial charge in [-0.3, -0.25) is 9.59 Å². The molecular weight excluding hydrogens is 286 g/mol. The molecule has 0 aromatic heterocycles. The number of nitrogens with zero attached hydrogens (tertiary/aromatic N) is 1. The normalized spacial score (nSPS) is 24.3. The van der Waals surface area contributed by atoms with Gasteiger partial charge < -0.3 is 9.84 Å². The highest BCUT2D eigenvalue weighted by Gasteiger charge is 2.40. The number of esters is 1. The van der Waals surface area contributed by atoms with Gasteiger partial charge >= 0.3 is 11.9 Å². The maximum Gasteiger partial charge on any atom is 0.322 e. The van der Waals surface area contributed by atoms with Gasteiger partial charge in [-0.05, 0) is 25.7 Å². The van der Waals surface area contributed by atoms with Gasteiger partial charge in [0, 0.05) is 6.54 Å². The number of carboxylic acids is 1. The predicted molar refractivity (Wildman–Crippen MR) is 71.6 cm³/mol. The Hall–Kier alpha value is -1.15. The van der Waals surface area contributed by atoms with Gasteiger partial charge in [0.2, 0.25) is 10.0 Å². The van der Waals surface area contributed by atoms with E-state index in [0.717, 1.165) is 10.7 Å². The molecule has 0 aromatic carbocycles. The van der Waals surface area contributed by atoms with Crippen molar-refractivity contribution in [1.29, 1.82) is 0 Å². The summed E-state index contributed by atoms with van der Waals surface area (Å²) in [5.41, 5.74) is 0. The topological polar surface area (TPSA) is 101 Å². The van der Waals surface area contributed by atoms with Gasteiger partial charge in [-0.15, -0.1) is 0 Å². The first-order valence-corrected chi connectivity index (χ1v) is 8.30. The summed E-state index contributed by atoms with van der Waals surface area (Å²) in [4.78, 5) is 22.6. The number of hydrogen-bond donors (Lipinski definition) is 1. The summed E-state index contributed by atoms with van der Waals surface area (Å²) in [5, 5.41) is 9.20. The second-order valence-corrected chi connectivity index (χ2v) is 6.75. The fourth-order valence-corrected chi connectivity index (χ4v) is 3.87. The molecule has 0 saturated carbocycles. The van der Waals surface area contributed by atoms with Crippen LogP contribution >= 0.6 is 0 Å². The van der Waals surface area contributed by atoms with E-state index >= 15 is 0 Å². The van der Waals surface area contributed by atoms with Crippen molar-refractivity contribution in [1.82, 2.24) is 4.31 Å². The van der Waals surface area contributed by atoms with Crippen LogP contribution < -0.4 is 0 Å². The highest BCUT2D eigenvalue weighted by molar-refractivity contribution is 7.89. The zero-order chi connectivity index (χ0) is 15.3. The number of hydrogen-bond acceptors (Lipinski definition) is 5. The molecule has 2 unspecified atom stereocenters. The molecule has 7 nitrogen and oxygen atoms in total. The lowest BCUT2D eigenvalue weighted by Crippen LogP contribution is -2.51. The van der Waals surface area contributed by atoms with Crippen LogP contribution in [0.2, 0.25) is 0 Å². The van der Waals surface area contributed by atoms with Crippen LogP contribution in [0, 0.1) is 5.92 Å². The van der Waals surface area contributed by atoms with E-state index < -0.39 is 33.8 Å². The molecule has 20 heavy (non-hydrogen) atoms. The monoisotopic (exact) mass is 307 g/mol. The van der Waals surface area contributed by atoms with E-state index in [1.165, 1.54) is 0 Å². The van der Waals surface area contributed by atoms with E-state index in [1.807, 2.05) is 6.92 Å². The molecule has 2 atom stereocenters. The maximum absolute atomic E-state index is 12.1. The summed E-state index contributed by atoms with van der Waals surface area (Å²) in [6, 6.07) is -1.09. The largest absolute Gasteiger partial charge is 0.480 e. The zero-order valence-electron chi connectivity index (χ0n) is 11.7. The van der Waals surface area contributed by atoms with Crippen molar-refractivity contribution >= 4 is 22.0 Å². The van der Waals surface area contributed by atoms with Crippen LogP contribution in [-0.4, -0.2) is 54.7 Å². The third-order valence-corrected chi connectivity index (χ3v) is 5.24. The number of carbonyl (C=O) groups excluding carboxylic acids is 1. The minimum Gasteiger partial charge on any atom is -0.480 e. The molecule has 116 valence electrons. The van der Waals surface area contributed by atoms with Gasteiger partial charge in [0.05, 0.1) is 6.61 Å². The molecule has 1 aliphatic heterocycles. The minimum absolute atomic E-state index is 0.0919. The molecule has 1 aliphatic rings. The first kappa shape index (κ1) is 16.9. The van der Waals surface area contributed by atoms with E-state index in [9.17, 15) is 23.1 Å². The Bertz CT molecular complexity index is 461. The molecule has 1 rings (SSSR count). The lowest BCUT2D eigenvalue weighted by atomic mass is 9.90. The Morgan fingerprint density at radius 3 is 2.50 bits per heavy atom. The van der Waals surface area contributed by atoms with Gasteiger partial charge in [0.1, 0.15) is 6.04 Å². The Morgan fingerprint density at radius 2 is 2.00 bits per heavy atom. The number of sulfonamides is 1. The molecular formula is C12H21NO6S. The van der Waals surface area contributed by atoms with Crippen LogP contribution in [0.1, 0.15) is 33.1 Å². The third-order valence-electron chi connectivity index (χ3n) is 3.49. The molecule has 0 aromatic rings. The van der Waals surface area contributed by atoms with Gasteiger partial charge in [0.25, 0.3) is 0 Å². The van der Waals surface area contributed by atoms with Crippen LogP contribution in [0.25, 0.3) is 0 Å². The van der Waals surface area contributed by atoms with Crippen molar-refractivity contribution in [3.8, 4) is 0 Å². The Balaban J connectivity index is 2.86. The molecule has 0 spiro atoms. The van der Waals surface area contributed by atoms with Gasteiger partial charge in [-0.2, -0.15) is 4.31 Å². The number of rotatable bonds is 6. The van der Waals surface area contributed by atoms with E-state index in [0.29, 0.717) is 6.42 Å². The standard InChI is InChI=1S/C12H21NO6S/c1-3-9-5-6-13(10(7-9)12(15)16)20(17,18)8-11(14)19-4-2/h9-10H,3-8H2,1-2H3,(H,15,16). The van der Waals surface area contributed by atoms with Crippen molar-refractivity contribution < 1.29 is 27.9 Å². The predicted octanol–water partition coefficient (Wildman–Crippen LogP) is 0.454. The third kappa shape index (κ3) is 4.17. The van der Waals surface area contributed by atoms with Crippen molar-refractivity contribution in [2.24, 2.45) is 5.92 Å². The first-order chi connectivity index (χ1) is 9.31. The van der Waals surface area contributed by atoms with Gasteiger partial charge in [0.15, 0.2) is 5.75 Å². The number of carbonyl (C=O) groups is 2. The summed E-state index contributed by atoms with van der Waals surface area (Å²) >= 11 is 0. The number of piperidine rings is 1. The highest BCUT2D eigenvalue weighted by atomic mass is 32.2. The minimum atomic E-state index is -3.95. The summed E-state index contributed by atoms with van der Waals surface area (Å²) in [7, 11) is -3.95. The second kappa shape index (κ2) is 7.03. The fraction of sp³-hybridized carbons (Fsp3) is 0.833. The molecule has 1 N–H and O–H groups in total. The number of aliphatic carboxylic acids is 1. The van der Waals surface area contributed by atoms with Crippen LogP contribution in [0.4, 0.5) is 0 Å². The molecule has 8 heteroatoms. The number of ether oxygens (including phenoxy) is 1. The Kier molecular flexibility index (Phi) is 5.94. The van der Waals surface area contributed by atoms with Crippen molar-refractivity contribution in [2.75, 3.05) is 18.9 Å². The molecule has 1 fully saturated rings. The summed E-state index contributed by atoms with van der Waals surface area (Å²) in [6.45, 7) is 3.76. The maximum atomic E-state index is 12.1. The summed E-state index contributed by atoms with van der Waals surface area (Å²) in [5.74, 6) is -2.63. The molecule has 1 saturated heterocycles. The molecule has 0 amide bonds. The Labute approximate surface area is 118 Å². The number of carboxylic acid groups (broad SMARTS) is 1. The average molecular weight is 307 g/mol. The molecule has 0 bridgehead atoms. The lowest BCUT2D eigenvalue weighted by molar-refractivity contribution is -0.143. The highest BCUT2D eigenvalue weighted by Crippen LogP contribution is 2.27. The van der Waals surface area contributed by atoms with Crippen LogP contribution in [0.5, 0.6) is 0 Å². The van der Waals surface area contributed by atoms with Crippen molar-refractivity contribution in [2.45, 2.75) is 39.2 Å². The molecule has 0 aliphatic carbocycles. The fourth-order valence-electron chi connectivity index (χ4n) is 2.38. The van der Waals surface area contributed by atoms with Gasteiger partial charge in [-0.1, -0.05) is 13.3 Å². The van der Waals surface area contributed by atoms with Crippen LogP contribution in [0.3, 0.4) is 0 Å². The molecule has 0 radical (unpaired) electrons. The SMILES string of the molecule is CCOC(=O)CS(=O)(=O)N1CCC(CC)CC1C(=O)O. The zero-order valence-corrected chi connectivity index (χ0v) is 12.6. The van der Waals surface area contributed by atoms with Crippen LogP contribution in [-0.2, 0) is 24.3 Å². The Morgan fingerprint density at radius 1 is 1.35 bits per heavy atom. The van der Waals surface area contributed by atoms with Crippen LogP contribution in [0.15, 0.2) is 0 Å². The smallest absolute Gasteiger partial charge is 0.322 e. The summed E-state index contributed by atoms with van der Waals surface area (Å²) in [6.07, 6.45) is 1.71. The van der Waals surface area contributed by atoms with Gasteiger partial charge in [-0.25, -0.2) is 8.42 Å². The average Bonchev–Trinajstić information content (AvgIpc) is 2.37. The molecule has 1 heterocycles. The first-order valence-electron chi connectivity index (χ1n) is 6.69. The van der Waals surface area contributed by atoms with E-state index in [-0.39, 0.29) is 25.5 Å². The van der Waals surface area contributed by atoms with Crippen molar-refractivity contribution in [3.63, 3.8) is 0 Å². The van der Waals surface area contributed by atoms with E-state index in [2.05, 4.69) is 4.74 Å². The summed E-state index contributed by atoms with van der Waals surface area (Å²) < 4.78 is 29.8. The quantitative estimate of drug-likeness (QED) is 0.715. The van der Waals surface area contributed by atoms with Crippen molar-refractivity contribution in [3.05, 3.63) is 0 Å². The lowest BCUT2D eigenvalue weighted by Gasteiger charge is -2.35. The van der Waals surface area contributed by atoms with E-state index in [1.54, 1.807) is 6.92 Å². The van der Waals surface area contributed by atoms with E-state index in [4.69, 9.17) is 0 Å².